The molecule has 0 atom stereocenters. The largest absolute Gasteiger partial charge is 0.497 e. The molecule has 124 valence electrons. The van der Waals surface area contributed by atoms with Crippen LogP contribution in [0.1, 0.15) is 6.92 Å². The number of methoxy groups -OCH3 is 1. The molecule has 0 aliphatic heterocycles. The predicted octanol–water partition coefficient (Wildman–Crippen LogP) is 3.54. The molecular weight excluding hydrogens is 316 g/mol. The number of hydrogen-bond donors (Lipinski definition) is 1. The summed E-state index contributed by atoms with van der Waals surface area (Å²) in [5.74, 6) is 1.07. The Labute approximate surface area is 144 Å². The van der Waals surface area contributed by atoms with E-state index in [1.54, 1.807) is 11.8 Å². The Bertz CT molecular complexity index is 1080. The number of carbonyl (C=O) groups is 1. The number of para-hydroxylation sites is 1. The molecule has 0 saturated carbocycles. The molecule has 6 nitrogen and oxygen atoms in total. The monoisotopic (exact) mass is 332 g/mol. The van der Waals surface area contributed by atoms with E-state index in [1.165, 1.54) is 6.92 Å². The minimum absolute atomic E-state index is 0.178. The number of carbonyl (C=O) groups excluding carboxylic acids is 1. The van der Waals surface area contributed by atoms with Gasteiger partial charge in [0.25, 0.3) is 0 Å². The van der Waals surface area contributed by atoms with Crippen molar-refractivity contribution in [1.29, 1.82) is 0 Å². The maximum absolute atomic E-state index is 11.5. The minimum atomic E-state index is -0.178. The quantitative estimate of drug-likeness (QED) is 0.623. The van der Waals surface area contributed by atoms with Crippen LogP contribution < -0.4 is 10.1 Å². The topological polar surface area (TPSA) is 69.0 Å². The van der Waals surface area contributed by atoms with E-state index in [1.807, 2.05) is 54.7 Å². The average Bonchev–Trinajstić information content (AvgIpc) is 3.07. The van der Waals surface area contributed by atoms with Gasteiger partial charge in [-0.15, -0.1) is 0 Å². The van der Waals surface area contributed by atoms with E-state index >= 15 is 0 Å². The molecule has 0 spiro atoms. The summed E-state index contributed by atoms with van der Waals surface area (Å²) in [7, 11) is 1.63. The molecule has 2 aromatic heterocycles. The Balaban J connectivity index is 1.95. The van der Waals surface area contributed by atoms with E-state index in [-0.39, 0.29) is 5.91 Å². The van der Waals surface area contributed by atoms with Crippen LogP contribution in [0, 0.1) is 0 Å². The molecule has 2 heterocycles. The van der Waals surface area contributed by atoms with E-state index in [9.17, 15) is 4.79 Å². The fraction of sp³-hybridized carbons (Fsp3) is 0.105. The molecule has 4 rings (SSSR count). The van der Waals surface area contributed by atoms with Gasteiger partial charge in [-0.25, -0.2) is 9.67 Å². The van der Waals surface area contributed by atoms with Gasteiger partial charge in [-0.05, 0) is 30.3 Å². The Morgan fingerprint density at radius 3 is 2.56 bits per heavy atom. The van der Waals surface area contributed by atoms with Gasteiger partial charge in [-0.1, -0.05) is 18.2 Å². The van der Waals surface area contributed by atoms with Crippen molar-refractivity contribution in [2.24, 2.45) is 0 Å². The number of ether oxygens (including phenoxy) is 1. The maximum Gasteiger partial charge on any atom is 0.222 e. The fourth-order valence-corrected chi connectivity index (χ4v) is 2.84. The molecule has 25 heavy (non-hydrogen) atoms. The zero-order valence-corrected chi connectivity index (χ0v) is 13.9. The lowest BCUT2D eigenvalue weighted by atomic mass is 10.1. The van der Waals surface area contributed by atoms with Crippen LogP contribution in [0.2, 0.25) is 0 Å². The lowest BCUT2D eigenvalue weighted by Crippen LogP contribution is -2.08. The lowest BCUT2D eigenvalue weighted by Gasteiger charge is -2.05. The highest BCUT2D eigenvalue weighted by Gasteiger charge is 2.14. The number of aromatic nitrogens is 3. The van der Waals surface area contributed by atoms with Crippen molar-refractivity contribution in [3.8, 4) is 11.4 Å². The third-order valence-electron chi connectivity index (χ3n) is 4.00. The van der Waals surface area contributed by atoms with Gasteiger partial charge in [0, 0.05) is 23.9 Å². The molecule has 1 N–H and O–H groups in total. The van der Waals surface area contributed by atoms with Gasteiger partial charge < -0.3 is 10.1 Å². The van der Waals surface area contributed by atoms with Crippen LogP contribution in [0.5, 0.6) is 5.75 Å². The Kier molecular flexibility index (Phi) is 3.57. The van der Waals surface area contributed by atoms with Gasteiger partial charge in [0.1, 0.15) is 11.3 Å². The number of anilines is 1. The second kappa shape index (κ2) is 5.90. The molecule has 0 aliphatic carbocycles. The second-order valence-corrected chi connectivity index (χ2v) is 5.69. The van der Waals surface area contributed by atoms with Crippen molar-refractivity contribution >= 4 is 33.5 Å². The number of nitrogens with one attached hydrogen (secondary N) is 1. The molecule has 0 unspecified atom stereocenters. The number of amides is 1. The van der Waals surface area contributed by atoms with Gasteiger partial charge in [-0.3, -0.25) is 4.79 Å². The Morgan fingerprint density at radius 2 is 1.84 bits per heavy atom. The number of pyridine rings is 1. The summed E-state index contributed by atoms with van der Waals surface area (Å²) in [5, 5.41) is 9.34. The van der Waals surface area contributed by atoms with Gasteiger partial charge >= 0.3 is 0 Å². The smallest absolute Gasteiger partial charge is 0.222 e. The lowest BCUT2D eigenvalue weighted by molar-refractivity contribution is -0.114. The van der Waals surface area contributed by atoms with Crippen LogP contribution in [0.15, 0.2) is 54.7 Å². The van der Waals surface area contributed by atoms with Gasteiger partial charge in [-0.2, -0.15) is 5.10 Å². The van der Waals surface area contributed by atoms with Gasteiger partial charge in [0.05, 0.1) is 18.3 Å². The van der Waals surface area contributed by atoms with Crippen LogP contribution in [-0.4, -0.2) is 27.8 Å². The third-order valence-corrected chi connectivity index (χ3v) is 4.00. The molecule has 0 aliphatic rings. The van der Waals surface area contributed by atoms with Crippen molar-refractivity contribution in [2.75, 3.05) is 12.4 Å². The summed E-state index contributed by atoms with van der Waals surface area (Å²) >= 11 is 0. The first-order valence-corrected chi connectivity index (χ1v) is 7.86. The fourth-order valence-electron chi connectivity index (χ4n) is 2.84. The van der Waals surface area contributed by atoms with E-state index in [0.29, 0.717) is 11.3 Å². The molecule has 0 saturated heterocycles. The molecule has 1 amide bonds. The van der Waals surface area contributed by atoms with E-state index in [4.69, 9.17) is 4.74 Å². The zero-order chi connectivity index (χ0) is 17.4. The first-order chi connectivity index (χ1) is 12.2. The van der Waals surface area contributed by atoms with E-state index in [0.717, 1.165) is 27.7 Å². The number of benzene rings is 2. The maximum atomic E-state index is 11.5. The van der Waals surface area contributed by atoms with Crippen molar-refractivity contribution in [2.45, 2.75) is 6.92 Å². The van der Waals surface area contributed by atoms with Gasteiger partial charge in [0.2, 0.25) is 5.91 Å². The van der Waals surface area contributed by atoms with Crippen molar-refractivity contribution < 1.29 is 9.53 Å². The normalized spacial score (nSPS) is 11.0. The number of fused-ring (bicyclic) bond motifs is 3. The molecule has 4 aromatic rings. The standard InChI is InChI=1S/C19H16N4O2/c1-12(24)20-19-18-16(15-5-3-4-6-17(15)21-19)11-23(22-18)13-7-9-14(25-2)10-8-13/h3-11H,1-2H3,(H,20,21,24). The highest BCUT2D eigenvalue weighted by atomic mass is 16.5. The number of hydrogen-bond acceptors (Lipinski definition) is 4. The summed E-state index contributed by atoms with van der Waals surface area (Å²) in [6, 6.07) is 15.4. The van der Waals surface area contributed by atoms with Crippen LogP contribution in [0.4, 0.5) is 5.82 Å². The van der Waals surface area contributed by atoms with Crippen LogP contribution in [-0.2, 0) is 4.79 Å². The molecule has 6 heteroatoms. The summed E-state index contributed by atoms with van der Waals surface area (Å²) in [6.07, 6.45) is 1.95. The minimum Gasteiger partial charge on any atom is -0.497 e. The third kappa shape index (κ3) is 2.67. The van der Waals surface area contributed by atoms with Crippen molar-refractivity contribution in [1.82, 2.24) is 14.8 Å². The summed E-state index contributed by atoms with van der Waals surface area (Å²) < 4.78 is 6.98. The van der Waals surface area contributed by atoms with Gasteiger partial charge in [0.15, 0.2) is 5.82 Å². The predicted molar refractivity (Wildman–Crippen MR) is 97.2 cm³/mol. The summed E-state index contributed by atoms with van der Waals surface area (Å²) in [6.45, 7) is 1.46. The first kappa shape index (κ1) is 15.1. The highest BCUT2D eigenvalue weighted by molar-refractivity contribution is 6.10. The van der Waals surface area contributed by atoms with Crippen molar-refractivity contribution in [3.63, 3.8) is 0 Å². The second-order valence-electron chi connectivity index (χ2n) is 5.69. The zero-order valence-electron chi connectivity index (χ0n) is 13.9. The Morgan fingerprint density at radius 1 is 1.08 bits per heavy atom. The molecule has 0 bridgehead atoms. The molecule has 2 aromatic carbocycles. The average molecular weight is 332 g/mol. The highest BCUT2D eigenvalue weighted by Crippen LogP contribution is 2.29. The van der Waals surface area contributed by atoms with Crippen molar-refractivity contribution in [3.05, 3.63) is 54.7 Å². The van der Waals surface area contributed by atoms with E-state index < -0.39 is 0 Å². The van der Waals surface area contributed by atoms with Crippen LogP contribution in [0.3, 0.4) is 0 Å². The molecule has 0 radical (unpaired) electrons. The van der Waals surface area contributed by atoms with Crippen LogP contribution >= 0.6 is 0 Å². The molecular formula is C19H16N4O2. The summed E-state index contributed by atoms with van der Waals surface area (Å²) in [5.41, 5.74) is 2.37. The first-order valence-electron chi connectivity index (χ1n) is 7.86. The molecule has 0 fully saturated rings. The van der Waals surface area contributed by atoms with Crippen LogP contribution in [0.25, 0.3) is 27.5 Å². The number of nitrogens with zero attached hydrogens (tertiary/aromatic N) is 3. The summed E-state index contributed by atoms with van der Waals surface area (Å²) in [4.78, 5) is 16.1. The number of rotatable bonds is 3. The van der Waals surface area contributed by atoms with E-state index in [2.05, 4.69) is 15.4 Å². The Hall–Kier alpha value is -3.41. The SMILES string of the molecule is COc1ccc(-n2cc3c(n2)c(NC(C)=O)nc2ccccc23)cc1.